The highest BCUT2D eigenvalue weighted by molar-refractivity contribution is 5.19. The minimum absolute atomic E-state index is 0.185. The molecule has 0 bridgehead atoms. The van der Waals surface area contributed by atoms with Crippen LogP contribution in [-0.4, -0.2) is 50.8 Å². The van der Waals surface area contributed by atoms with E-state index in [0.29, 0.717) is 26.4 Å². The average Bonchev–Trinajstić information content (AvgIpc) is 2.45. The molecule has 3 nitrogen and oxygen atoms in total. The molecule has 1 saturated heterocycles. The number of ether oxygens (including phenoxy) is 2. The summed E-state index contributed by atoms with van der Waals surface area (Å²) in [5.41, 5.74) is 1.19. The van der Waals surface area contributed by atoms with Crippen LogP contribution in [0.1, 0.15) is 11.6 Å². The van der Waals surface area contributed by atoms with Gasteiger partial charge in [0.25, 0.3) is 6.43 Å². The second-order valence-corrected chi connectivity index (χ2v) is 4.50. The van der Waals surface area contributed by atoms with E-state index in [9.17, 15) is 8.78 Å². The molecule has 0 saturated carbocycles. The molecule has 1 aliphatic heterocycles. The third kappa shape index (κ3) is 4.53. The molecular formula is C14H19F2NO2. The van der Waals surface area contributed by atoms with Crippen molar-refractivity contribution in [2.75, 3.05) is 39.5 Å². The smallest absolute Gasteiger partial charge is 0.261 e. The Bertz CT molecular complexity index is 362. The van der Waals surface area contributed by atoms with Gasteiger partial charge in [-0.05, 0) is 5.56 Å². The molecule has 1 atom stereocenters. The Morgan fingerprint density at radius 3 is 2.84 bits per heavy atom. The lowest BCUT2D eigenvalue weighted by atomic mass is 10.1. The first-order valence-corrected chi connectivity index (χ1v) is 6.50. The largest absolute Gasteiger partial charge is 0.378 e. The standard InChI is InChI=1S/C14H19F2NO2/c15-14(16)11-19-9-7-17-6-8-18-10-13(17)12-4-2-1-3-5-12/h1-5,13-14H,6-11H2/t13-/m1/s1. The first-order chi connectivity index (χ1) is 9.27. The summed E-state index contributed by atoms with van der Waals surface area (Å²) in [5.74, 6) is 0. The van der Waals surface area contributed by atoms with E-state index in [0.717, 1.165) is 6.54 Å². The third-order valence-corrected chi connectivity index (χ3v) is 3.19. The van der Waals surface area contributed by atoms with Gasteiger partial charge >= 0.3 is 0 Å². The van der Waals surface area contributed by atoms with Gasteiger partial charge in [0.15, 0.2) is 0 Å². The van der Waals surface area contributed by atoms with Crippen LogP contribution in [0.2, 0.25) is 0 Å². The van der Waals surface area contributed by atoms with Crippen LogP contribution in [0, 0.1) is 0 Å². The zero-order valence-corrected chi connectivity index (χ0v) is 10.8. The third-order valence-electron chi connectivity index (χ3n) is 3.19. The number of rotatable bonds is 6. The molecule has 0 unspecified atom stereocenters. The van der Waals surface area contributed by atoms with Gasteiger partial charge in [0.2, 0.25) is 0 Å². The van der Waals surface area contributed by atoms with Crippen molar-refractivity contribution in [3.63, 3.8) is 0 Å². The fourth-order valence-electron chi connectivity index (χ4n) is 2.24. The van der Waals surface area contributed by atoms with Gasteiger partial charge in [-0.25, -0.2) is 8.78 Å². The lowest BCUT2D eigenvalue weighted by Gasteiger charge is -2.35. The Hall–Kier alpha value is -1.04. The van der Waals surface area contributed by atoms with Crippen molar-refractivity contribution >= 4 is 0 Å². The summed E-state index contributed by atoms with van der Waals surface area (Å²) in [6.07, 6.45) is -2.39. The maximum Gasteiger partial charge on any atom is 0.261 e. The molecule has 0 amide bonds. The Balaban J connectivity index is 1.86. The molecule has 0 N–H and O–H groups in total. The molecule has 2 rings (SSSR count). The Morgan fingerprint density at radius 1 is 1.32 bits per heavy atom. The Kier molecular flexibility index (Phi) is 5.69. The zero-order valence-electron chi connectivity index (χ0n) is 10.8. The molecular weight excluding hydrogens is 252 g/mol. The van der Waals surface area contributed by atoms with Crippen LogP contribution in [0.15, 0.2) is 30.3 Å². The molecule has 1 aromatic rings. The number of alkyl halides is 2. The van der Waals surface area contributed by atoms with E-state index < -0.39 is 13.0 Å². The lowest BCUT2D eigenvalue weighted by molar-refractivity contribution is -0.0337. The SMILES string of the molecule is FC(F)COCCN1CCOC[C@@H]1c1ccccc1. The van der Waals surface area contributed by atoms with Crippen molar-refractivity contribution in [3.05, 3.63) is 35.9 Å². The summed E-state index contributed by atoms with van der Waals surface area (Å²) in [4.78, 5) is 2.23. The summed E-state index contributed by atoms with van der Waals surface area (Å²) in [6.45, 7) is 2.61. The molecule has 0 radical (unpaired) electrons. The Labute approximate surface area is 112 Å². The van der Waals surface area contributed by atoms with Gasteiger partial charge in [-0.15, -0.1) is 0 Å². The lowest BCUT2D eigenvalue weighted by Crippen LogP contribution is -2.41. The van der Waals surface area contributed by atoms with Crippen molar-refractivity contribution in [3.8, 4) is 0 Å². The van der Waals surface area contributed by atoms with Gasteiger partial charge in [0, 0.05) is 13.1 Å². The molecule has 1 heterocycles. The zero-order chi connectivity index (χ0) is 13.5. The first-order valence-electron chi connectivity index (χ1n) is 6.50. The predicted molar refractivity (Wildman–Crippen MR) is 68.4 cm³/mol. The van der Waals surface area contributed by atoms with Crippen molar-refractivity contribution in [1.82, 2.24) is 4.90 Å². The van der Waals surface area contributed by atoms with Crippen LogP contribution in [0.4, 0.5) is 8.78 Å². The van der Waals surface area contributed by atoms with E-state index in [4.69, 9.17) is 9.47 Å². The maximum atomic E-state index is 12.0. The van der Waals surface area contributed by atoms with Crippen LogP contribution in [0.25, 0.3) is 0 Å². The maximum absolute atomic E-state index is 12.0. The van der Waals surface area contributed by atoms with Gasteiger partial charge < -0.3 is 9.47 Å². The summed E-state index contributed by atoms with van der Waals surface area (Å²) < 4.78 is 34.4. The number of halogens is 2. The second-order valence-electron chi connectivity index (χ2n) is 4.50. The number of nitrogens with zero attached hydrogens (tertiary/aromatic N) is 1. The average molecular weight is 271 g/mol. The van der Waals surface area contributed by atoms with E-state index in [1.54, 1.807) is 0 Å². The molecule has 0 aromatic heterocycles. The molecule has 1 aromatic carbocycles. The van der Waals surface area contributed by atoms with Gasteiger partial charge in [-0.3, -0.25) is 4.90 Å². The minimum atomic E-state index is -2.39. The summed E-state index contributed by atoms with van der Waals surface area (Å²) in [7, 11) is 0. The van der Waals surface area contributed by atoms with Gasteiger partial charge in [-0.1, -0.05) is 30.3 Å². The fraction of sp³-hybridized carbons (Fsp3) is 0.571. The second kappa shape index (κ2) is 7.53. The molecule has 1 aliphatic rings. The summed E-state index contributed by atoms with van der Waals surface area (Å²) in [6, 6.07) is 10.3. The normalized spacial score (nSPS) is 20.9. The number of morpholine rings is 1. The van der Waals surface area contributed by atoms with E-state index >= 15 is 0 Å². The number of hydrogen-bond acceptors (Lipinski definition) is 3. The first kappa shape index (κ1) is 14.4. The van der Waals surface area contributed by atoms with E-state index in [-0.39, 0.29) is 6.04 Å². The monoisotopic (exact) mass is 271 g/mol. The molecule has 1 fully saturated rings. The molecule has 0 spiro atoms. The van der Waals surface area contributed by atoms with Crippen LogP contribution >= 0.6 is 0 Å². The van der Waals surface area contributed by atoms with Gasteiger partial charge in [0.05, 0.1) is 25.9 Å². The van der Waals surface area contributed by atoms with Crippen LogP contribution in [0.5, 0.6) is 0 Å². The van der Waals surface area contributed by atoms with Crippen LogP contribution in [-0.2, 0) is 9.47 Å². The van der Waals surface area contributed by atoms with Crippen molar-refractivity contribution in [2.45, 2.75) is 12.5 Å². The van der Waals surface area contributed by atoms with Gasteiger partial charge in [-0.2, -0.15) is 0 Å². The minimum Gasteiger partial charge on any atom is -0.378 e. The highest BCUT2D eigenvalue weighted by atomic mass is 19.3. The topological polar surface area (TPSA) is 21.7 Å². The van der Waals surface area contributed by atoms with E-state index in [1.807, 2.05) is 18.2 Å². The molecule has 19 heavy (non-hydrogen) atoms. The quantitative estimate of drug-likeness (QED) is 0.741. The summed E-state index contributed by atoms with van der Waals surface area (Å²) >= 11 is 0. The summed E-state index contributed by atoms with van der Waals surface area (Å²) in [5, 5.41) is 0. The van der Waals surface area contributed by atoms with Crippen molar-refractivity contribution in [1.29, 1.82) is 0 Å². The molecule has 0 aliphatic carbocycles. The number of benzene rings is 1. The van der Waals surface area contributed by atoms with E-state index in [1.165, 1.54) is 5.56 Å². The fourth-order valence-corrected chi connectivity index (χ4v) is 2.24. The van der Waals surface area contributed by atoms with E-state index in [2.05, 4.69) is 17.0 Å². The highest BCUT2D eigenvalue weighted by Gasteiger charge is 2.23. The number of hydrogen-bond donors (Lipinski definition) is 0. The molecule has 5 heteroatoms. The predicted octanol–water partition coefficient (Wildman–Crippen LogP) is 2.34. The van der Waals surface area contributed by atoms with Crippen molar-refractivity contribution < 1.29 is 18.3 Å². The van der Waals surface area contributed by atoms with Gasteiger partial charge in [0.1, 0.15) is 6.61 Å². The molecule has 106 valence electrons. The van der Waals surface area contributed by atoms with Crippen LogP contribution in [0.3, 0.4) is 0 Å². The van der Waals surface area contributed by atoms with Crippen LogP contribution < -0.4 is 0 Å². The van der Waals surface area contributed by atoms with Crippen molar-refractivity contribution in [2.24, 2.45) is 0 Å². The highest BCUT2D eigenvalue weighted by Crippen LogP contribution is 2.23. The Morgan fingerprint density at radius 2 is 2.11 bits per heavy atom.